The summed E-state index contributed by atoms with van der Waals surface area (Å²) in [4.78, 5) is 1.23. The molecule has 0 N–H and O–H groups in total. The van der Waals surface area contributed by atoms with Crippen LogP contribution in [0.3, 0.4) is 0 Å². The van der Waals surface area contributed by atoms with Crippen molar-refractivity contribution in [1.82, 2.24) is 0 Å². The van der Waals surface area contributed by atoms with E-state index in [0.717, 1.165) is 12.4 Å². The monoisotopic (exact) mass is 174 g/mol. The van der Waals surface area contributed by atoms with E-state index in [1.54, 1.807) is 18.9 Å². The maximum atomic E-state index is 4.94. The molecule has 0 aliphatic carbocycles. The Bertz CT molecular complexity index is 124. The molecule has 2 heteroatoms. The number of rotatable bonds is 4. The first-order valence-electron chi connectivity index (χ1n) is 3.79. The van der Waals surface area contributed by atoms with Gasteiger partial charge in [0, 0.05) is 12.9 Å². The second kappa shape index (κ2) is 4.83. The summed E-state index contributed by atoms with van der Waals surface area (Å²) in [7, 11) is 1.72. The van der Waals surface area contributed by atoms with Crippen molar-refractivity contribution in [3.05, 3.63) is 11.5 Å². The average Bonchev–Trinajstić information content (AvgIpc) is 1.86. The number of ether oxygens (including phenoxy) is 1. The Kier molecular flexibility index (Phi) is 4.86. The topological polar surface area (TPSA) is 9.23 Å². The van der Waals surface area contributed by atoms with E-state index in [0.29, 0.717) is 0 Å². The molecular formula is C9H18OS. The molecule has 0 saturated carbocycles. The zero-order chi connectivity index (χ0) is 8.91. The highest BCUT2D eigenvalue weighted by atomic mass is 32.2. The lowest BCUT2D eigenvalue weighted by atomic mass is 9.97. The molecule has 0 heterocycles. The molecule has 66 valence electrons. The van der Waals surface area contributed by atoms with E-state index >= 15 is 0 Å². The Labute approximate surface area is 74.2 Å². The molecule has 0 radical (unpaired) electrons. The SMILES string of the molecule is C=C(SCCOC)C(C)(C)C. The van der Waals surface area contributed by atoms with Crippen molar-refractivity contribution in [2.24, 2.45) is 5.41 Å². The smallest absolute Gasteiger partial charge is 0.0556 e. The molecule has 0 saturated heterocycles. The molecule has 1 nitrogen and oxygen atoms in total. The third-order valence-corrected chi connectivity index (χ3v) is 2.73. The van der Waals surface area contributed by atoms with Gasteiger partial charge in [-0.3, -0.25) is 0 Å². The van der Waals surface area contributed by atoms with Crippen molar-refractivity contribution >= 4 is 11.8 Å². The summed E-state index contributed by atoms with van der Waals surface area (Å²) in [6.07, 6.45) is 0. The highest BCUT2D eigenvalue weighted by Gasteiger charge is 2.14. The van der Waals surface area contributed by atoms with Crippen LogP contribution in [0.1, 0.15) is 20.8 Å². The Morgan fingerprint density at radius 3 is 2.36 bits per heavy atom. The first-order valence-corrected chi connectivity index (χ1v) is 4.78. The van der Waals surface area contributed by atoms with Crippen molar-refractivity contribution in [2.75, 3.05) is 19.5 Å². The predicted octanol–water partition coefficient (Wildman–Crippen LogP) is 2.93. The number of methoxy groups -OCH3 is 1. The number of allylic oxidation sites excluding steroid dienone is 1. The summed E-state index contributed by atoms with van der Waals surface area (Å²) in [5.74, 6) is 1.01. The van der Waals surface area contributed by atoms with Gasteiger partial charge in [0.1, 0.15) is 0 Å². The van der Waals surface area contributed by atoms with Crippen LogP contribution in [0.4, 0.5) is 0 Å². The maximum absolute atomic E-state index is 4.94. The number of hydrogen-bond acceptors (Lipinski definition) is 2. The van der Waals surface area contributed by atoms with Gasteiger partial charge in [0.25, 0.3) is 0 Å². The second-order valence-corrected chi connectivity index (χ2v) is 4.70. The summed E-state index contributed by atoms with van der Waals surface area (Å²) < 4.78 is 4.94. The molecule has 0 aromatic carbocycles. The molecule has 0 rings (SSSR count). The third kappa shape index (κ3) is 5.33. The van der Waals surface area contributed by atoms with Crippen molar-refractivity contribution in [2.45, 2.75) is 20.8 Å². The van der Waals surface area contributed by atoms with Crippen molar-refractivity contribution in [1.29, 1.82) is 0 Å². The Hall–Kier alpha value is 0.0500. The molecule has 0 atom stereocenters. The minimum Gasteiger partial charge on any atom is -0.384 e. The van der Waals surface area contributed by atoms with E-state index in [-0.39, 0.29) is 5.41 Å². The van der Waals surface area contributed by atoms with Gasteiger partial charge in [-0.1, -0.05) is 27.4 Å². The van der Waals surface area contributed by atoms with Gasteiger partial charge >= 0.3 is 0 Å². The summed E-state index contributed by atoms with van der Waals surface area (Å²) in [6, 6.07) is 0. The average molecular weight is 174 g/mol. The summed E-state index contributed by atoms with van der Waals surface area (Å²) in [5, 5.41) is 0. The molecule has 0 aliphatic rings. The molecule has 0 aliphatic heterocycles. The maximum Gasteiger partial charge on any atom is 0.0556 e. The van der Waals surface area contributed by atoms with E-state index < -0.39 is 0 Å². The van der Waals surface area contributed by atoms with Gasteiger partial charge in [-0.05, 0) is 10.3 Å². The Morgan fingerprint density at radius 2 is 2.00 bits per heavy atom. The van der Waals surface area contributed by atoms with E-state index in [1.165, 1.54) is 4.91 Å². The van der Waals surface area contributed by atoms with Gasteiger partial charge in [0.05, 0.1) is 6.61 Å². The minimum absolute atomic E-state index is 0.221. The lowest BCUT2D eigenvalue weighted by Crippen LogP contribution is -2.06. The standard InChI is InChI=1S/C9H18OS/c1-8(9(2,3)4)11-7-6-10-5/h1,6-7H2,2-5H3. The first-order chi connectivity index (χ1) is 4.98. The van der Waals surface area contributed by atoms with Crippen LogP contribution in [0.2, 0.25) is 0 Å². The number of hydrogen-bond donors (Lipinski definition) is 0. The molecule has 0 amide bonds. The summed E-state index contributed by atoms with van der Waals surface area (Å²) in [5.41, 5.74) is 0.221. The van der Waals surface area contributed by atoms with Crippen LogP contribution < -0.4 is 0 Å². The largest absolute Gasteiger partial charge is 0.384 e. The first kappa shape index (κ1) is 11.1. The molecule has 0 aromatic heterocycles. The Balaban J connectivity index is 3.54. The van der Waals surface area contributed by atoms with Crippen LogP contribution >= 0.6 is 11.8 Å². The van der Waals surface area contributed by atoms with Crippen LogP contribution in [-0.4, -0.2) is 19.5 Å². The molecule has 0 aromatic rings. The second-order valence-electron chi connectivity index (χ2n) is 3.51. The summed E-state index contributed by atoms with van der Waals surface area (Å²) >= 11 is 1.79. The van der Waals surface area contributed by atoms with Gasteiger partial charge < -0.3 is 4.74 Å². The fourth-order valence-corrected chi connectivity index (χ4v) is 1.39. The lowest BCUT2D eigenvalue weighted by Gasteiger charge is -2.20. The molecule has 0 unspecified atom stereocenters. The van der Waals surface area contributed by atoms with Crippen molar-refractivity contribution in [3.63, 3.8) is 0 Å². The van der Waals surface area contributed by atoms with E-state index in [2.05, 4.69) is 27.4 Å². The molecule has 0 bridgehead atoms. The van der Waals surface area contributed by atoms with Gasteiger partial charge in [0.2, 0.25) is 0 Å². The predicted molar refractivity (Wildman–Crippen MR) is 52.9 cm³/mol. The van der Waals surface area contributed by atoms with E-state index in [9.17, 15) is 0 Å². The normalized spacial score (nSPS) is 11.6. The van der Waals surface area contributed by atoms with E-state index in [1.807, 2.05) is 0 Å². The van der Waals surface area contributed by atoms with Crippen LogP contribution in [0.15, 0.2) is 11.5 Å². The van der Waals surface area contributed by atoms with Crippen LogP contribution in [0.5, 0.6) is 0 Å². The van der Waals surface area contributed by atoms with Gasteiger partial charge in [-0.15, -0.1) is 11.8 Å². The Morgan fingerprint density at radius 1 is 1.45 bits per heavy atom. The highest BCUT2D eigenvalue weighted by molar-refractivity contribution is 8.03. The van der Waals surface area contributed by atoms with Crippen molar-refractivity contribution < 1.29 is 4.74 Å². The van der Waals surface area contributed by atoms with Gasteiger partial charge in [-0.2, -0.15) is 0 Å². The van der Waals surface area contributed by atoms with Crippen LogP contribution in [0.25, 0.3) is 0 Å². The lowest BCUT2D eigenvalue weighted by molar-refractivity contribution is 0.218. The highest BCUT2D eigenvalue weighted by Crippen LogP contribution is 2.32. The molecular weight excluding hydrogens is 156 g/mol. The fraction of sp³-hybridized carbons (Fsp3) is 0.778. The van der Waals surface area contributed by atoms with Gasteiger partial charge in [0.15, 0.2) is 0 Å². The van der Waals surface area contributed by atoms with E-state index in [4.69, 9.17) is 4.74 Å². The molecule has 11 heavy (non-hydrogen) atoms. The fourth-order valence-electron chi connectivity index (χ4n) is 0.465. The zero-order valence-corrected chi connectivity index (χ0v) is 8.75. The number of thioether (sulfide) groups is 1. The zero-order valence-electron chi connectivity index (χ0n) is 7.94. The minimum atomic E-state index is 0.221. The van der Waals surface area contributed by atoms with Gasteiger partial charge in [-0.25, -0.2) is 0 Å². The van der Waals surface area contributed by atoms with Crippen molar-refractivity contribution in [3.8, 4) is 0 Å². The third-order valence-electron chi connectivity index (χ3n) is 1.40. The summed E-state index contributed by atoms with van der Waals surface area (Å²) in [6.45, 7) is 11.3. The van der Waals surface area contributed by atoms with Crippen LogP contribution in [0, 0.1) is 5.41 Å². The van der Waals surface area contributed by atoms with Crippen LogP contribution in [-0.2, 0) is 4.74 Å². The molecule has 0 spiro atoms. The quantitative estimate of drug-likeness (QED) is 0.606. The molecule has 0 fully saturated rings.